The van der Waals surface area contributed by atoms with Crippen LogP contribution in [0.2, 0.25) is 0 Å². The number of benzene rings is 2. The summed E-state index contributed by atoms with van der Waals surface area (Å²) >= 11 is 1.44. The second-order valence-corrected chi connectivity index (χ2v) is 12.3. The summed E-state index contributed by atoms with van der Waals surface area (Å²) in [6.45, 7) is 2.73. The summed E-state index contributed by atoms with van der Waals surface area (Å²) in [6, 6.07) is 9.85. The van der Waals surface area contributed by atoms with E-state index in [9.17, 15) is 18.0 Å². The summed E-state index contributed by atoms with van der Waals surface area (Å²) in [6.07, 6.45) is 0.0960. The molecule has 1 aromatic heterocycles. The molecule has 5 rings (SSSR count). The van der Waals surface area contributed by atoms with E-state index in [1.165, 1.54) is 28.8 Å². The van der Waals surface area contributed by atoms with Gasteiger partial charge in [-0.2, -0.15) is 4.31 Å². The number of piperazine rings is 1. The highest BCUT2D eigenvalue weighted by atomic mass is 32.2. The van der Waals surface area contributed by atoms with Crippen molar-refractivity contribution in [1.29, 1.82) is 5.41 Å². The third kappa shape index (κ3) is 5.14. The third-order valence-electron chi connectivity index (χ3n) is 6.78. The maximum absolute atomic E-state index is 13.4. The predicted octanol–water partition coefficient (Wildman–Crippen LogP) is 2.11. The Morgan fingerprint density at radius 2 is 1.76 bits per heavy atom. The first-order valence-electron chi connectivity index (χ1n) is 12.1. The molecule has 13 heteroatoms. The van der Waals surface area contributed by atoms with Crippen molar-refractivity contribution >= 4 is 50.0 Å². The standard InChI is InChI=1S/C25H28N6O5S2/c1-29-8-7-20-21(15-29)37-23(27-20)24(32)30-9-11-31(12-10-30)38(34,35)19-6-5-16-13-18(4-3-17(16)14-19)22(26)28-25(33)36-2/h3-6,13-14H,7-12,15H2,1-2H3,(H2,26,28,33). The Bertz CT molecular complexity index is 1530. The van der Waals surface area contributed by atoms with Crippen LogP contribution in [-0.2, 0) is 27.7 Å². The van der Waals surface area contributed by atoms with Gasteiger partial charge in [-0.3, -0.25) is 15.5 Å². The molecule has 0 bridgehead atoms. The summed E-state index contributed by atoms with van der Waals surface area (Å²) < 4.78 is 32.7. The zero-order valence-electron chi connectivity index (χ0n) is 21.1. The number of hydrogen-bond acceptors (Lipinski definition) is 9. The lowest BCUT2D eigenvalue weighted by molar-refractivity contribution is 0.0697. The third-order valence-corrected chi connectivity index (χ3v) is 9.75. The smallest absolute Gasteiger partial charge is 0.412 e. The van der Waals surface area contributed by atoms with Crippen LogP contribution in [0.5, 0.6) is 0 Å². The molecule has 2 amide bonds. The number of aromatic nitrogens is 1. The number of methoxy groups -OCH3 is 1. The number of ether oxygens (including phenoxy) is 1. The van der Waals surface area contributed by atoms with Crippen LogP contribution < -0.4 is 5.32 Å². The number of nitrogens with zero attached hydrogens (tertiary/aromatic N) is 4. The average Bonchev–Trinajstić information content (AvgIpc) is 3.35. The van der Waals surface area contributed by atoms with Crippen molar-refractivity contribution in [2.45, 2.75) is 17.9 Å². The largest absolute Gasteiger partial charge is 0.453 e. The average molecular weight is 557 g/mol. The molecule has 0 saturated carbocycles. The number of amides is 2. The van der Waals surface area contributed by atoms with Crippen LogP contribution in [0.3, 0.4) is 0 Å². The maximum atomic E-state index is 13.4. The molecule has 3 heterocycles. The van der Waals surface area contributed by atoms with Gasteiger partial charge in [0, 0.05) is 56.1 Å². The number of likely N-dealkylation sites (N-methyl/N-ethyl adjacent to an activating group) is 1. The summed E-state index contributed by atoms with van der Waals surface area (Å²) in [7, 11) is -0.494. The first-order valence-corrected chi connectivity index (χ1v) is 14.4. The van der Waals surface area contributed by atoms with Gasteiger partial charge in [-0.15, -0.1) is 11.3 Å². The molecular formula is C25H28N6O5S2. The van der Waals surface area contributed by atoms with Gasteiger partial charge in [0.2, 0.25) is 10.0 Å². The molecule has 1 saturated heterocycles. The van der Waals surface area contributed by atoms with Crippen LogP contribution in [0.15, 0.2) is 41.3 Å². The van der Waals surface area contributed by atoms with Crippen LogP contribution in [-0.4, -0.2) is 92.2 Å². The normalized spacial score (nSPS) is 16.7. The van der Waals surface area contributed by atoms with E-state index in [2.05, 4.69) is 19.9 Å². The number of rotatable bonds is 4. The van der Waals surface area contributed by atoms with Crippen molar-refractivity contribution in [1.82, 2.24) is 24.4 Å². The predicted molar refractivity (Wildman–Crippen MR) is 143 cm³/mol. The van der Waals surface area contributed by atoms with Gasteiger partial charge in [-0.1, -0.05) is 18.2 Å². The van der Waals surface area contributed by atoms with Gasteiger partial charge < -0.3 is 14.5 Å². The highest BCUT2D eigenvalue weighted by Crippen LogP contribution is 2.27. The van der Waals surface area contributed by atoms with E-state index in [1.807, 2.05) is 7.05 Å². The number of carbonyl (C=O) groups is 2. The van der Waals surface area contributed by atoms with Gasteiger partial charge in [0.15, 0.2) is 5.01 Å². The van der Waals surface area contributed by atoms with Gasteiger partial charge in [0.1, 0.15) is 5.84 Å². The molecule has 1 fully saturated rings. The summed E-state index contributed by atoms with van der Waals surface area (Å²) in [5.41, 5.74) is 1.46. The summed E-state index contributed by atoms with van der Waals surface area (Å²) in [5, 5.41) is 12.2. The minimum Gasteiger partial charge on any atom is -0.453 e. The second-order valence-electron chi connectivity index (χ2n) is 9.29. The van der Waals surface area contributed by atoms with Gasteiger partial charge >= 0.3 is 6.09 Å². The minimum absolute atomic E-state index is 0.117. The number of sulfonamides is 1. The topological polar surface area (TPSA) is 136 Å². The Morgan fingerprint density at radius 3 is 2.50 bits per heavy atom. The number of alkyl carbamates (subject to hydrolysis) is 1. The van der Waals surface area contributed by atoms with Crippen LogP contribution in [0.1, 0.15) is 25.9 Å². The van der Waals surface area contributed by atoms with E-state index in [1.54, 1.807) is 35.2 Å². The van der Waals surface area contributed by atoms with Crippen molar-refractivity contribution in [3.8, 4) is 0 Å². The SMILES string of the molecule is COC(=O)NC(=N)c1ccc2cc(S(=O)(=O)N3CCN(C(=O)c4nc5c(s4)CN(C)CC5)CC3)ccc2c1. The zero-order chi connectivity index (χ0) is 27.0. The lowest BCUT2D eigenvalue weighted by Gasteiger charge is -2.33. The first kappa shape index (κ1) is 26.2. The fraction of sp³-hybridized carbons (Fsp3) is 0.360. The summed E-state index contributed by atoms with van der Waals surface area (Å²) in [4.78, 5) is 34.2. The molecule has 2 aliphatic heterocycles. The molecule has 2 aromatic carbocycles. The molecule has 0 aliphatic carbocycles. The lowest BCUT2D eigenvalue weighted by atomic mass is 10.1. The number of fused-ring (bicyclic) bond motifs is 2. The minimum atomic E-state index is -3.76. The molecular weight excluding hydrogens is 528 g/mol. The molecule has 2 N–H and O–H groups in total. The first-order chi connectivity index (χ1) is 18.2. The van der Waals surface area contributed by atoms with E-state index >= 15 is 0 Å². The van der Waals surface area contributed by atoms with Crippen molar-refractivity contribution in [2.24, 2.45) is 0 Å². The van der Waals surface area contributed by atoms with Crippen molar-refractivity contribution in [2.75, 3.05) is 46.9 Å². The van der Waals surface area contributed by atoms with Gasteiger partial charge in [0.25, 0.3) is 5.91 Å². The van der Waals surface area contributed by atoms with Crippen LogP contribution >= 0.6 is 11.3 Å². The Hall–Kier alpha value is -3.39. The zero-order valence-corrected chi connectivity index (χ0v) is 22.7. The van der Waals surface area contributed by atoms with E-state index in [-0.39, 0.29) is 29.7 Å². The molecule has 11 nitrogen and oxygen atoms in total. The number of thiazole rings is 1. The molecule has 38 heavy (non-hydrogen) atoms. The Kier molecular flexibility index (Phi) is 7.18. The number of amidine groups is 1. The fourth-order valence-corrected chi connectivity index (χ4v) is 7.21. The molecule has 3 aromatic rings. The molecule has 0 spiro atoms. The highest BCUT2D eigenvalue weighted by molar-refractivity contribution is 7.89. The van der Waals surface area contributed by atoms with Gasteiger partial charge in [0.05, 0.1) is 17.7 Å². The second kappa shape index (κ2) is 10.4. The number of hydrogen-bond donors (Lipinski definition) is 2. The molecule has 0 radical (unpaired) electrons. The fourth-order valence-electron chi connectivity index (χ4n) is 4.60. The van der Waals surface area contributed by atoms with E-state index in [0.717, 1.165) is 35.5 Å². The van der Waals surface area contributed by atoms with Crippen LogP contribution in [0, 0.1) is 5.41 Å². The van der Waals surface area contributed by atoms with E-state index in [0.29, 0.717) is 29.0 Å². The van der Waals surface area contributed by atoms with Crippen molar-refractivity contribution in [3.63, 3.8) is 0 Å². The van der Waals surface area contributed by atoms with Crippen molar-refractivity contribution in [3.05, 3.63) is 57.5 Å². The molecule has 200 valence electrons. The van der Waals surface area contributed by atoms with Crippen LogP contribution in [0.4, 0.5) is 4.79 Å². The van der Waals surface area contributed by atoms with Crippen LogP contribution in [0.25, 0.3) is 10.8 Å². The molecule has 0 atom stereocenters. The van der Waals surface area contributed by atoms with Crippen molar-refractivity contribution < 1.29 is 22.7 Å². The maximum Gasteiger partial charge on any atom is 0.412 e. The van der Waals surface area contributed by atoms with Gasteiger partial charge in [-0.05, 0) is 36.0 Å². The lowest BCUT2D eigenvalue weighted by Crippen LogP contribution is -2.50. The summed E-state index contributed by atoms with van der Waals surface area (Å²) in [5.74, 6) is -0.258. The molecule has 0 unspecified atom stereocenters. The highest BCUT2D eigenvalue weighted by Gasteiger charge is 2.32. The van der Waals surface area contributed by atoms with E-state index < -0.39 is 16.1 Å². The quantitative estimate of drug-likeness (QED) is 0.371. The number of carbonyl (C=O) groups excluding carboxylic acids is 2. The van der Waals surface area contributed by atoms with E-state index in [4.69, 9.17) is 5.41 Å². The van der Waals surface area contributed by atoms with Gasteiger partial charge in [-0.25, -0.2) is 18.2 Å². The Morgan fingerprint density at radius 1 is 1.05 bits per heavy atom. The Balaban J connectivity index is 1.26. The Labute approximate surface area is 224 Å². The number of nitrogens with one attached hydrogen (secondary N) is 2. The molecule has 2 aliphatic rings. The monoisotopic (exact) mass is 556 g/mol.